The Kier molecular flexibility index (Phi) is 3.33. The van der Waals surface area contributed by atoms with Crippen molar-refractivity contribution in [1.29, 1.82) is 0 Å². The van der Waals surface area contributed by atoms with E-state index in [1.54, 1.807) is 0 Å². The number of hydrogen-bond donors (Lipinski definition) is 0. The highest BCUT2D eigenvalue weighted by atomic mass is 16.5. The van der Waals surface area contributed by atoms with E-state index in [0.29, 0.717) is 0 Å². The number of benzene rings is 1. The lowest BCUT2D eigenvalue weighted by molar-refractivity contribution is -0.141. The van der Waals surface area contributed by atoms with Crippen LogP contribution >= 0.6 is 0 Å². The van der Waals surface area contributed by atoms with Gasteiger partial charge in [-0.3, -0.25) is 4.79 Å². The quantitative estimate of drug-likeness (QED) is 0.801. The largest absolute Gasteiger partial charge is 0.368 e. The smallest absolute Gasteiger partial charge is 0.252 e. The van der Waals surface area contributed by atoms with Crippen LogP contribution in [0.5, 0.6) is 0 Å². The third-order valence-electron chi connectivity index (χ3n) is 3.93. The van der Waals surface area contributed by atoms with Crippen LogP contribution in [-0.2, 0) is 9.53 Å². The fourth-order valence-corrected chi connectivity index (χ4v) is 3.01. The first-order valence-corrected chi connectivity index (χ1v) is 6.83. The van der Waals surface area contributed by atoms with Gasteiger partial charge in [0.05, 0.1) is 6.04 Å². The normalized spacial score (nSPS) is 27.7. The molecule has 96 valence electrons. The fraction of sp³-hybridized carbons (Fsp3) is 0.533. The van der Waals surface area contributed by atoms with Gasteiger partial charge in [-0.2, -0.15) is 0 Å². The Morgan fingerprint density at radius 3 is 2.72 bits per heavy atom. The van der Waals surface area contributed by atoms with E-state index >= 15 is 0 Å². The molecule has 0 radical (unpaired) electrons. The highest BCUT2D eigenvalue weighted by Gasteiger charge is 2.35. The van der Waals surface area contributed by atoms with Crippen LogP contribution in [0, 0.1) is 0 Å². The Bertz CT molecular complexity index is 412. The molecule has 0 saturated carbocycles. The molecule has 2 heterocycles. The van der Waals surface area contributed by atoms with E-state index in [0.717, 1.165) is 38.8 Å². The van der Waals surface area contributed by atoms with Crippen molar-refractivity contribution in [3.63, 3.8) is 0 Å². The summed E-state index contributed by atoms with van der Waals surface area (Å²) in [5, 5.41) is 0. The molecular weight excluding hydrogens is 226 g/mol. The molecule has 1 aromatic carbocycles. The van der Waals surface area contributed by atoms with Gasteiger partial charge in [0.25, 0.3) is 5.91 Å². The van der Waals surface area contributed by atoms with Crippen LogP contribution in [-0.4, -0.2) is 30.1 Å². The van der Waals surface area contributed by atoms with Crippen LogP contribution in [0.2, 0.25) is 0 Å². The predicted octanol–water partition coefficient (Wildman–Crippen LogP) is 2.53. The van der Waals surface area contributed by atoms with E-state index in [2.05, 4.69) is 12.1 Å². The summed E-state index contributed by atoms with van der Waals surface area (Å²) in [4.78, 5) is 14.5. The van der Waals surface area contributed by atoms with Crippen molar-refractivity contribution in [1.82, 2.24) is 4.90 Å². The molecule has 0 N–H and O–H groups in total. The highest BCUT2D eigenvalue weighted by Crippen LogP contribution is 2.33. The maximum atomic E-state index is 12.4. The second-order valence-electron chi connectivity index (χ2n) is 5.10. The molecule has 0 aromatic heterocycles. The topological polar surface area (TPSA) is 29.5 Å². The molecule has 0 bridgehead atoms. The summed E-state index contributed by atoms with van der Waals surface area (Å²) in [6.45, 7) is 1.61. The molecule has 0 spiro atoms. The number of amides is 1. The van der Waals surface area contributed by atoms with Gasteiger partial charge in [-0.15, -0.1) is 0 Å². The van der Waals surface area contributed by atoms with E-state index in [9.17, 15) is 4.79 Å². The van der Waals surface area contributed by atoms with E-state index in [1.165, 1.54) is 5.56 Å². The molecule has 3 nitrogen and oxygen atoms in total. The Hall–Kier alpha value is -1.35. The maximum absolute atomic E-state index is 12.4. The van der Waals surface area contributed by atoms with Gasteiger partial charge < -0.3 is 9.64 Å². The molecule has 0 aliphatic carbocycles. The number of carbonyl (C=O) groups is 1. The van der Waals surface area contributed by atoms with E-state index < -0.39 is 0 Å². The Morgan fingerprint density at radius 1 is 1.17 bits per heavy atom. The number of nitrogens with zero attached hydrogens (tertiary/aromatic N) is 1. The fourth-order valence-electron chi connectivity index (χ4n) is 3.01. The lowest BCUT2D eigenvalue weighted by Crippen LogP contribution is -2.38. The van der Waals surface area contributed by atoms with Crippen LogP contribution in [0.3, 0.4) is 0 Å². The molecule has 1 amide bonds. The monoisotopic (exact) mass is 245 g/mol. The SMILES string of the molecule is O=C([C@@H]1CCCO1)N1CCCC1c1ccccc1. The lowest BCUT2D eigenvalue weighted by atomic mass is 10.0. The van der Waals surface area contributed by atoms with Crippen LogP contribution in [0.4, 0.5) is 0 Å². The zero-order chi connectivity index (χ0) is 12.4. The summed E-state index contributed by atoms with van der Waals surface area (Å²) in [6, 6.07) is 10.6. The predicted molar refractivity (Wildman–Crippen MR) is 69.1 cm³/mol. The van der Waals surface area contributed by atoms with Gasteiger partial charge in [-0.25, -0.2) is 0 Å². The minimum atomic E-state index is -0.186. The molecular formula is C15H19NO2. The molecule has 2 atom stereocenters. The zero-order valence-corrected chi connectivity index (χ0v) is 10.5. The average molecular weight is 245 g/mol. The van der Waals surface area contributed by atoms with Crippen molar-refractivity contribution >= 4 is 5.91 Å². The standard InChI is InChI=1S/C15H19NO2/c17-15(14-9-5-11-18-14)16-10-4-8-13(16)12-6-2-1-3-7-12/h1-3,6-7,13-14H,4-5,8-11H2/t13?,14-/m0/s1. The molecule has 2 aliphatic rings. The minimum absolute atomic E-state index is 0.186. The van der Waals surface area contributed by atoms with Crippen molar-refractivity contribution in [2.45, 2.75) is 37.8 Å². The van der Waals surface area contributed by atoms with Crippen molar-refractivity contribution in [3.05, 3.63) is 35.9 Å². The molecule has 3 rings (SSSR count). The van der Waals surface area contributed by atoms with E-state index in [-0.39, 0.29) is 18.1 Å². The molecule has 1 unspecified atom stereocenters. The van der Waals surface area contributed by atoms with Crippen molar-refractivity contribution in [3.8, 4) is 0 Å². The summed E-state index contributed by atoms with van der Waals surface area (Å²) in [5.74, 6) is 0.193. The third kappa shape index (κ3) is 2.15. The minimum Gasteiger partial charge on any atom is -0.368 e. The van der Waals surface area contributed by atoms with Crippen molar-refractivity contribution in [2.75, 3.05) is 13.2 Å². The third-order valence-corrected chi connectivity index (χ3v) is 3.93. The first kappa shape index (κ1) is 11.7. The molecule has 2 fully saturated rings. The van der Waals surface area contributed by atoms with E-state index in [1.807, 2.05) is 23.1 Å². The summed E-state index contributed by atoms with van der Waals surface area (Å²) >= 11 is 0. The highest BCUT2D eigenvalue weighted by molar-refractivity contribution is 5.82. The molecule has 3 heteroatoms. The summed E-state index contributed by atoms with van der Waals surface area (Å²) in [5.41, 5.74) is 1.25. The second-order valence-corrected chi connectivity index (χ2v) is 5.10. The van der Waals surface area contributed by atoms with Crippen LogP contribution < -0.4 is 0 Å². The maximum Gasteiger partial charge on any atom is 0.252 e. The van der Waals surface area contributed by atoms with Crippen LogP contribution in [0.25, 0.3) is 0 Å². The summed E-state index contributed by atoms with van der Waals surface area (Å²) in [7, 11) is 0. The number of hydrogen-bond acceptors (Lipinski definition) is 2. The van der Waals surface area contributed by atoms with Gasteiger partial charge in [-0.05, 0) is 31.2 Å². The van der Waals surface area contributed by atoms with Crippen LogP contribution in [0.1, 0.15) is 37.3 Å². The molecule has 2 aliphatic heterocycles. The average Bonchev–Trinajstić information content (AvgIpc) is 3.10. The molecule has 1 aromatic rings. The second kappa shape index (κ2) is 5.11. The number of rotatable bonds is 2. The lowest BCUT2D eigenvalue weighted by Gasteiger charge is -2.27. The summed E-state index contributed by atoms with van der Waals surface area (Å²) in [6.07, 6.45) is 3.88. The Labute approximate surface area is 108 Å². The van der Waals surface area contributed by atoms with Crippen LogP contribution in [0.15, 0.2) is 30.3 Å². The van der Waals surface area contributed by atoms with E-state index in [4.69, 9.17) is 4.74 Å². The van der Waals surface area contributed by atoms with Gasteiger partial charge in [0, 0.05) is 13.2 Å². The van der Waals surface area contributed by atoms with Gasteiger partial charge in [0.15, 0.2) is 0 Å². The number of carbonyl (C=O) groups excluding carboxylic acids is 1. The summed E-state index contributed by atoms with van der Waals surface area (Å²) < 4.78 is 5.52. The first-order chi connectivity index (χ1) is 8.86. The van der Waals surface area contributed by atoms with Gasteiger partial charge >= 0.3 is 0 Å². The molecule has 18 heavy (non-hydrogen) atoms. The molecule has 2 saturated heterocycles. The van der Waals surface area contributed by atoms with Gasteiger partial charge in [-0.1, -0.05) is 30.3 Å². The zero-order valence-electron chi connectivity index (χ0n) is 10.5. The van der Waals surface area contributed by atoms with Crippen molar-refractivity contribution in [2.24, 2.45) is 0 Å². The number of likely N-dealkylation sites (tertiary alicyclic amines) is 1. The Morgan fingerprint density at radius 2 is 2.00 bits per heavy atom. The first-order valence-electron chi connectivity index (χ1n) is 6.83. The van der Waals surface area contributed by atoms with Gasteiger partial charge in [0.1, 0.15) is 6.10 Å². The number of ether oxygens (including phenoxy) is 1. The Balaban J connectivity index is 1.77. The van der Waals surface area contributed by atoms with Crippen molar-refractivity contribution < 1.29 is 9.53 Å². The van der Waals surface area contributed by atoms with Gasteiger partial charge in [0.2, 0.25) is 0 Å².